The quantitative estimate of drug-likeness (QED) is 0.800. The molecule has 0 saturated carbocycles. The van der Waals surface area contributed by atoms with Crippen LogP contribution in [0.4, 0.5) is 0 Å². The van der Waals surface area contributed by atoms with Crippen molar-refractivity contribution in [3.05, 3.63) is 59.9 Å². The molecule has 1 spiro atoms. The summed E-state index contributed by atoms with van der Waals surface area (Å²) in [5.41, 5.74) is 1.35. The number of aromatic nitrogens is 1. The van der Waals surface area contributed by atoms with Gasteiger partial charge in [-0.1, -0.05) is 24.3 Å². The molecule has 0 radical (unpaired) electrons. The van der Waals surface area contributed by atoms with Crippen LogP contribution in [0.1, 0.15) is 24.1 Å². The van der Waals surface area contributed by atoms with E-state index in [2.05, 4.69) is 4.98 Å². The minimum absolute atomic E-state index is 0.0531. The summed E-state index contributed by atoms with van der Waals surface area (Å²) >= 11 is 0. The van der Waals surface area contributed by atoms with Crippen molar-refractivity contribution in [1.29, 1.82) is 0 Å². The molecule has 1 aromatic heterocycles. The maximum Gasteiger partial charge on any atom is 0.231 e. The highest BCUT2D eigenvalue weighted by Gasteiger charge is 2.51. The summed E-state index contributed by atoms with van der Waals surface area (Å²) in [5.74, 6) is 0.936. The number of likely N-dealkylation sites (tertiary alicyclic amines) is 2. The number of carbonyl (C=O) groups excluding carboxylic acids is 2. The van der Waals surface area contributed by atoms with Crippen LogP contribution in [-0.2, 0) is 22.6 Å². The lowest BCUT2D eigenvalue weighted by Gasteiger charge is -2.24. The van der Waals surface area contributed by atoms with Crippen molar-refractivity contribution in [2.45, 2.75) is 25.8 Å². The number of para-hydroxylation sites is 1. The molecule has 0 aliphatic carbocycles. The van der Waals surface area contributed by atoms with E-state index in [1.165, 1.54) is 0 Å². The van der Waals surface area contributed by atoms with Gasteiger partial charge in [-0.15, -0.1) is 0 Å². The van der Waals surface area contributed by atoms with Crippen LogP contribution in [0.5, 0.6) is 5.75 Å². The first-order valence-corrected chi connectivity index (χ1v) is 9.70. The molecule has 1 atom stereocenters. The van der Waals surface area contributed by atoms with Crippen molar-refractivity contribution in [3.63, 3.8) is 0 Å². The predicted molar refractivity (Wildman–Crippen MR) is 105 cm³/mol. The first kappa shape index (κ1) is 18.5. The Hall–Kier alpha value is -2.89. The first-order valence-electron chi connectivity index (χ1n) is 9.70. The molecule has 6 heteroatoms. The summed E-state index contributed by atoms with van der Waals surface area (Å²) in [6.45, 7) is 2.41. The number of hydrogen-bond acceptors (Lipinski definition) is 4. The Morgan fingerprint density at radius 3 is 2.71 bits per heavy atom. The van der Waals surface area contributed by atoms with Crippen LogP contribution < -0.4 is 4.74 Å². The number of benzene rings is 1. The van der Waals surface area contributed by atoms with Crippen LogP contribution in [-0.4, -0.2) is 53.3 Å². The van der Waals surface area contributed by atoms with E-state index in [9.17, 15) is 9.59 Å². The van der Waals surface area contributed by atoms with E-state index in [-0.39, 0.29) is 11.8 Å². The van der Waals surface area contributed by atoms with E-state index < -0.39 is 5.41 Å². The molecule has 146 valence electrons. The van der Waals surface area contributed by atoms with Crippen molar-refractivity contribution in [2.75, 3.05) is 26.7 Å². The third kappa shape index (κ3) is 3.46. The lowest BCUT2D eigenvalue weighted by molar-refractivity contribution is -0.136. The van der Waals surface area contributed by atoms with Crippen molar-refractivity contribution >= 4 is 11.8 Å². The second kappa shape index (κ2) is 7.62. The standard InChI is InChI=1S/C22H25N3O3/c1-28-19-8-3-2-6-17(19)14-20(26)25-13-10-22(16-25)9-12-24(21(22)27)15-18-7-4-5-11-23-18/h2-8,11H,9-10,12-16H2,1H3. The Balaban J connectivity index is 1.40. The Morgan fingerprint density at radius 2 is 1.93 bits per heavy atom. The first-order chi connectivity index (χ1) is 13.6. The summed E-state index contributed by atoms with van der Waals surface area (Å²) < 4.78 is 5.35. The zero-order valence-corrected chi connectivity index (χ0v) is 16.1. The van der Waals surface area contributed by atoms with E-state index in [1.807, 2.05) is 52.3 Å². The van der Waals surface area contributed by atoms with Gasteiger partial charge in [0.1, 0.15) is 5.75 Å². The number of amides is 2. The molecule has 2 aliphatic rings. The summed E-state index contributed by atoms with van der Waals surface area (Å²) in [5, 5.41) is 0. The fraction of sp³-hybridized carbons (Fsp3) is 0.409. The molecule has 28 heavy (non-hydrogen) atoms. The molecule has 2 saturated heterocycles. The molecule has 1 unspecified atom stereocenters. The average molecular weight is 379 g/mol. The van der Waals surface area contributed by atoms with Crippen molar-refractivity contribution in [2.24, 2.45) is 5.41 Å². The van der Waals surface area contributed by atoms with Gasteiger partial charge in [0, 0.05) is 31.4 Å². The molecule has 6 nitrogen and oxygen atoms in total. The molecule has 4 rings (SSSR count). The molecule has 0 bridgehead atoms. The van der Waals surface area contributed by atoms with E-state index in [1.54, 1.807) is 13.3 Å². The van der Waals surface area contributed by atoms with Gasteiger partial charge in [0.05, 0.1) is 31.2 Å². The number of carbonyl (C=O) groups is 2. The summed E-state index contributed by atoms with van der Waals surface area (Å²) in [4.78, 5) is 34.0. The lowest BCUT2D eigenvalue weighted by Crippen LogP contribution is -2.38. The number of rotatable bonds is 5. The van der Waals surface area contributed by atoms with Crippen molar-refractivity contribution in [1.82, 2.24) is 14.8 Å². The maximum absolute atomic E-state index is 13.1. The predicted octanol–water partition coefficient (Wildman–Crippen LogP) is 2.28. The Bertz CT molecular complexity index is 870. The zero-order valence-electron chi connectivity index (χ0n) is 16.1. The molecule has 2 aromatic rings. The molecule has 2 amide bonds. The third-order valence-electron chi connectivity index (χ3n) is 5.92. The summed E-state index contributed by atoms with van der Waals surface area (Å²) in [7, 11) is 1.61. The Kier molecular flexibility index (Phi) is 5.03. The lowest BCUT2D eigenvalue weighted by atomic mass is 9.85. The molecule has 2 aliphatic heterocycles. The van der Waals surface area contributed by atoms with Crippen LogP contribution in [0, 0.1) is 5.41 Å². The topological polar surface area (TPSA) is 62.7 Å². The van der Waals surface area contributed by atoms with Gasteiger partial charge in [-0.05, 0) is 31.0 Å². The normalized spacial score (nSPS) is 21.5. The fourth-order valence-electron chi connectivity index (χ4n) is 4.32. The summed E-state index contributed by atoms with van der Waals surface area (Å²) in [6.07, 6.45) is 3.59. The molecular weight excluding hydrogens is 354 g/mol. The summed E-state index contributed by atoms with van der Waals surface area (Å²) in [6, 6.07) is 13.3. The number of nitrogens with zero attached hydrogens (tertiary/aromatic N) is 3. The second-order valence-electron chi connectivity index (χ2n) is 7.63. The smallest absolute Gasteiger partial charge is 0.231 e. The van der Waals surface area contributed by atoms with Gasteiger partial charge in [-0.25, -0.2) is 0 Å². The van der Waals surface area contributed by atoms with Gasteiger partial charge >= 0.3 is 0 Å². The van der Waals surface area contributed by atoms with E-state index in [0.29, 0.717) is 26.1 Å². The molecule has 0 N–H and O–H groups in total. The molecule has 2 fully saturated rings. The van der Waals surface area contributed by atoms with Crippen LogP contribution >= 0.6 is 0 Å². The second-order valence-corrected chi connectivity index (χ2v) is 7.63. The van der Waals surface area contributed by atoms with Gasteiger partial charge in [-0.3, -0.25) is 14.6 Å². The number of ether oxygens (including phenoxy) is 1. The highest BCUT2D eigenvalue weighted by Crippen LogP contribution is 2.41. The zero-order chi connectivity index (χ0) is 19.6. The number of hydrogen-bond donors (Lipinski definition) is 0. The van der Waals surface area contributed by atoms with Crippen molar-refractivity contribution in [3.8, 4) is 5.75 Å². The minimum atomic E-state index is -0.425. The van der Waals surface area contributed by atoms with Crippen molar-refractivity contribution < 1.29 is 14.3 Å². The number of methoxy groups -OCH3 is 1. The van der Waals surface area contributed by atoms with Crippen LogP contribution in [0.15, 0.2) is 48.7 Å². The van der Waals surface area contributed by atoms with Gasteiger partial charge in [0.2, 0.25) is 11.8 Å². The highest BCUT2D eigenvalue weighted by molar-refractivity contribution is 5.87. The Labute approximate surface area is 165 Å². The van der Waals surface area contributed by atoms with E-state index >= 15 is 0 Å². The SMILES string of the molecule is COc1ccccc1CC(=O)N1CCC2(CCN(Cc3ccccn3)C2=O)C1. The van der Waals surface area contributed by atoms with Crippen LogP contribution in [0.25, 0.3) is 0 Å². The highest BCUT2D eigenvalue weighted by atomic mass is 16.5. The van der Waals surface area contributed by atoms with E-state index in [4.69, 9.17) is 4.74 Å². The maximum atomic E-state index is 13.1. The average Bonchev–Trinajstić information content (AvgIpc) is 3.29. The van der Waals surface area contributed by atoms with Gasteiger partial charge < -0.3 is 14.5 Å². The van der Waals surface area contributed by atoms with Gasteiger partial charge in [-0.2, -0.15) is 0 Å². The van der Waals surface area contributed by atoms with E-state index in [0.717, 1.165) is 36.4 Å². The molecule has 3 heterocycles. The fourth-order valence-corrected chi connectivity index (χ4v) is 4.32. The molecule has 1 aromatic carbocycles. The van der Waals surface area contributed by atoms with Crippen LogP contribution in [0.2, 0.25) is 0 Å². The number of pyridine rings is 1. The largest absolute Gasteiger partial charge is 0.496 e. The minimum Gasteiger partial charge on any atom is -0.496 e. The molecular formula is C22H25N3O3. The van der Waals surface area contributed by atoms with Gasteiger partial charge in [0.25, 0.3) is 0 Å². The monoisotopic (exact) mass is 379 g/mol. The van der Waals surface area contributed by atoms with Crippen LogP contribution in [0.3, 0.4) is 0 Å². The van der Waals surface area contributed by atoms with Gasteiger partial charge in [0.15, 0.2) is 0 Å². The third-order valence-corrected chi connectivity index (χ3v) is 5.92. The Morgan fingerprint density at radius 1 is 1.14 bits per heavy atom.